The van der Waals surface area contributed by atoms with Crippen molar-refractivity contribution in [3.8, 4) is 22.6 Å². The lowest BCUT2D eigenvalue weighted by Gasteiger charge is -2.34. The quantitative estimate of drug-likeness (QED) is 0.729. The average Bonchev–Trinajstić information content (AvgIpc) is 3.05. The van der Waals surface area contributed by atoms with E-state index in [0.717, 1.165) is 39.5 Å². The second-order valence-corrected chi connectivity index (χ2v) is 7.03. The van der Waals surface area contributed by atoms with Gasteiger partial charge in [-0.25, -0.2) is 15.0 Å². The molecule has 0 amide bonds. The highest BCUT2D eigenvalue weighted by Crippen LogP contribution is 2.53. The molecule has 25 heavy (non-hydrogen) atoms. The number of ether oxygens (including phenoxy) is 1. The molecule has 0 saturated heterocycles. The van der Waals surface area contributed by atoms with Gasteiger partial charge in [0.25, 0.3) is 0 Å². The van der Waals surface area contributed by atoms with Crippen LogP contribution in [-0.2, 0) is 5.54 Å². The van der Waals surface area contributed by atoms with Crippen molar-refractivity contribution in [2.24, 2.45) is 10.7 Å². The number of hydrogen-bond donors (Lipinski definition) is 1. The van der Waals surface area contributed by atoms with Crippen molar-refractivity contribution in [3.05, 3.63) is 72.3 Å². The minimum atomic E-state index is -0.509. The highest BCUT2D eigenvalue weighted by Gasteiger charge is 2.45. The summed E-state index contributed by atoms with van der Waals surface area (Å²) >= 11 is 1.58. The highest BCUT2D eigenvalue weighted by molar-refractivity contribution is 8.14. The number of hydrogen-bond acceptors (Lipinski definition) is 6. The van der Waals surface area contributed by atoms with Crippen molar-refractivity contribution in [2.45, 2.75) is 5.54 Å². The van der Waals surface area contributed by atoms with Crippen LogP contribution in [0.25, 0.3) is 11.1 Å². The molecule has 0 fully saturated rings. The van der Waals surface area contributed by atoms with Gasteiger partial charge in [0, 0.05) is 34.8 Å². The molecule has 1 aromatic heterocycles. The van der Waals surface area contributed by atoms with Gasteiger partial charge in [-0.3, -0.25) is 0 Å². The first-order valence-electron chi connectivity index (χ1n) is 7.92. The number of fused-ring (bicyclic) bond motifs is 4. The van der Waals surface area contributed by atoms with Gasteiger partial charge in [-0.2, -0.15) is 0 Å². The molecular formula is C19H14N4OS. The summed E-state index contributed by atoms with van der Waals surface area (Å²) in [4.78, 5) is 13.1. The molecule has 2 aliphatic rings. The zero-order valence-corrected chi connectivity index (χ0v) is 14.0. The zero-order valence-electron chi connectivity index (χ0n) is 13.2. The fourth-order valence-electron chi connectivity index (χ4n) is 3.44. The minimum absolute atomic E-state index is 0.509. The summed E-state index contributed by atoms with van der Waals surface area (Å²) in [7, 11) is 0. The van der Waals surface area contributed by atoms with E-state index in [0.29, 0.717) is 5.17 Å². The van der Waals surface area contributed by atoms with Gasteiger partial charge >= 0.3 is 0 Å². The third-order valence-electron chi connectivity index (χ3n) is 4.60. The predicted octanol–water partition coefficient (Wildman–Crippen LogP) is 3.55. The largest absolute Gasteiger partial charge is 0.457 e. The number of rotatable bonds is 1. The summed E-state index contributed by atoms with van der Waals surface area (Å²) in [6.07, 6.45) is 5.14. The van der Waals surface area contributed by atoms with Crippen LogP contribution in [0.5, 0.6) is 11.5 Å². The third kappa shape index (κ3) is 2.14. The van der Waals surface area contributed by atoms with Crippen LogP contribution < -0.4 is 10.5 Å². The van der Waals surface area contributed by atoms with Crippen molar-refractivity contribution in [1.82, 2.24) is 9.97 Å². The van der Waals surface area contributed by atoms with Crippen LogP contribution in [0.3, 0.4) is 0 Å². The Morgan fingerprint density at radius 1 is 0.960 bits per heavy atom. The van der Waals surface area contributed by atoms with Crippen molar-refractivity contribution in [1.29, 1.82) is 0 Å². The van der Waals surface area contributed by atoms with Gasteiger partial charge in [0.1, 0.15) is 23.4 Å². The van der Waals surface area contributed by atoms with E-state index in [9.17, 15) is 0 Å². The first-order valence-corrected chi connectivity index (χ1v) is 8.90. The molecule has 0 aliphatic carbocycles. The van der Waals surface area contributed by atoms with Crippen molar-refractivity contribution < 1.29 is 4.74 Å². The fraction of sp³-hybridized carbons (Fsp3) is 0.105. The smallest absolute Gasteiger partial charge is 0.155 e. The zero-order chi connectivity index (χ0) is 16.9. The van der Waals surface area contributed by atoms with Crippen LogP contribution in [0.1, 0.15) is 11.1 Å². The SMILES string of the molecule is NC1=NC2(CS1)c1ccccc1Oc1ccc(-c3cncnc3)cc12. The lowest BCUT2D eigenvalue weighted by molar-refractivity contribution is 0.416. The van der Waals surface area contributed by atoms with Crippen LogP contribution in [0, 0.1) is 0 Å². The molecular weight excluding hydrogens is 332 g/mol. The summed E-state index contributed by atoms with van der Waals surface area (Å²) in [5.74, 6) is 2.42. The number of benzene rings is 2. The third-order valence-corrected chi connectivity index (χ3v) is 5.55. The van der Waals surface area contributed by atoms with E-state index in [1.807, 2.05) is 30.3 Å². The number of aliphatic imine (C=N–C) groups is 1. The van der Waals surface area contributed by atoms with E-state index in [4.69, 9.17) is 15.5 Å². The van der Waals surface area contributed by atoms with Crippen LogP contribution in [0.4, 0.5) is 0 Å². The van der Waals surface area contributed by atoms with E-state index < -0.39 is 5.54 Å². The Balaban J connectivity index is 1.75. The Morgan fingerprint density at radius 3 is 2.56 bits per heavy atom. The van der Waals surface area contributed by atoms with Gasteiger partial charge in [0.15, 0.2) is 5.17 Å². The summed E-state index contributed by atoms with van der Waals surface area (Å²) in [5, 5.41) is 0.608. The fourth-order valence-corrected chi connectivity index (χ4v) is 4.39. The standard InChI is InChI=1S/C19H14N4OS/c20-18-23-19(10-25-18)14-3-1-2-4-16(14)24-17-6-5-12(7-15(17)19)13-8-21-11-22-9-13/h1-9,11H,10H2,(H2,20,23). The Morgan fingerprint density at radius 2 is 1.76 bits per heavy atom. The lowest BCUT2D eigenvalue weighted by Crippen LogP contribution is -2.30. The van der Waals surface area contributed by atoms with Crippen molar-refractivity contribution in [2.75, 3.05) is 5.75 Å². The van der Waals surface area contributed by atoms with Gasteiger partial charge in [0.2, 0.25) is 0 Å². The van der Waals surface area contributed by atoms with Crippen LogP contribution in [0.2, 0.25) is 0 Å². The molecule has 2 aromatic carbocycles. The predicted molar refractivity (Wildman–Crippen MR) is 98.8 cm³/mol. The lowest BCUT2D eigenvalue weighted by atomic mass is 9.81. The molecule has 0 saturated carbocycles. The first kappa shape index (κ1) is 14.5. The summed E-state index contributed by atoms with van der Waals surface area (Å²) < 4.78 is 6.14. The molecule has 2 N–H and O–H groups in total. The molecule has 0 radical (unpaired) electrons. The van der Waals surface area contributed by atoms with E-state index in [1.165, 1.54) is 6.33 Å². The molecule has 5 nitrogen and oxygen atoms in total. The van der Waals surface area contributed by atoms with E-state index >= 15 is 0 Å². The second kappa shape index (κ2) is 5.32. The molecule has 0 bridgehead atoms. The topological polar surface area (TPSA) is 73.4 Å². The van der Waals surface area contributed by atoms with Gasteiger partial charge in [-0.05, 0) is 23.8 Å². The molecule has 1 spiro atoms. The second-order valence-electron chi connectivity index (χ2n) is 6.04. The molecule has 3 aromatic rings. The van der Waals surface area contributed by atoms with E-state index in [-0.39, 0.29) is 0 Å². The molecule has 2 aliphatic heterocycles. The van der Waals surface area contributed by atoms with Gasteiger partial charge in [0.05, 0.1) is 0 Å². The average molecular weight is 346 g/mol. The maximum Gasteiger partial charge on any atom is 0.155 e. The number of para-hydroxylation sites is 1. The van der Waals surface area contributed by atoms with Crippen LogP contribution in [0.15, 0.2) is 66.2 Å². The van der Waals surface area contributed by atoms with Gasteiger partial charge < -0.3 is 10.5 Å². The normalized spacial score (nSPS) is 20.6. The maximum atomic E-state index is 6.14. The van der Waals surface area contributed by atoms with Crippen molar-refractivity contribution in [3.63, 3.8) is 0 Å². The van der Waals surface area contributed by atoms with Gasteiger partial charge in [-0.1, -0.05) is 36.0 Å². The molecule has 1 atom stereocenters. The Kier molecular flexibility index (Phi) is 3.08. The molecule has 3 heterocycles. The highest BCUT2D eigenvalue weighted by atomic mass is 32.2. The Hall–Kier alpha value is -2.86. The summed E-state index contributed by atoms with van der Waals surface area (Å²) in [6, 6.07) is 14.2. The molecule has 122 valence electrons. The number of thioether (sulfide) groups is 1. The number of nitrogens with zero attached hydrogens (tertiary/aromatic N) is 3. The molecule has 6 heteroatoms. The Labute approximate surface area is 149 Å². The molecule has 5 rings (SSSR count). The monoisotopic (exact) mass is 346 g/mol. The Bertz CT molecular complexity index is 1010. The van der Waals surface area contributed by atoms with Crippen molar-refractivity contribution >= 4 is 16.9 Å². The van der Waals surface area contributed by atoms with E-state index in [1.54, 1.807) is 24.2 Å². The number of aromatic nitrogens is 2. The summed E-state index contributed by atoms with van der Waals surface area (Å²) in [6.45, 7) is 0. The summed E-state index contributed by atoms with van der Waals surface area (Å²) in [5.41, 5.74) is 9.62. The van der Waals surface area contributed by atoms with Crippen LogP contribution >= 0.6 is 11.8 Å². The number of amidine groups is 1. The maximum absolute atomic E-state index is 6.14. The minimum Gasteiger partial charge on any atom is -0.457 e. The number of nitrogens with two attached hydrogens (primary N) is 1. The van der Waals surface area contributed by atoms with Crippen LogP contribution in [-0.4, -0.2) is 20.9 Å². The first-order chi connectivity index (χ1) is 12.3. The molecule has 1 unspecified atom stereocenters. The van der Waals surface area contributed by atoms with E-state index in [2.05, 4.69) is 22.1 Å². The van der Waals surface area contributed by atoms with Gasteiger partial charge in [-0.15, -0.1) is 0 Å².